The molecule has 0 spiro atoms. The fourth-order valence-corrected chi connectivity index (χ4v) is 2.93. The van der Waals surface area contributed by atoms with Crippen molar-refractivity contribution in [1.29, 1.82) is 0 Å². The molecule has 2 aromatic rings. The van der Waals surface area contributed by atoms with Crippen LogP contribution >= 0.6 is 7.94 Å². The molecule has 0 aromatic carbocycles. The van der Waals surface area contributed by atoms with Gasteiger partial charge in [-0.2, -0.15) is 0 Å². The zero-order valence-electron chi connectivity index (χ0n) is 13.7. The van der Waals surface area contributed by atoms with Crippen molar-refractivity contribution >= 4 is 24.9 Å². The Morgan fingerprint density at radius 2 is 2.00 bits per heavy atom. The fourth-order valence-electron chi connectivity index (χ4n) is 2.57. The molecule has 24 heavy (non-hydrogen) atoms. The van der Waals surface area contributed by atoms with Gasteiger partial charge in [0.15, 0.2) is 11.5 Å². The third kappa shape index (κ3) is 4.96. The largest absolute Gasteiger partial charge is 1.00 e. The number of nitrogen functional groups attached to an aromatic ring is 1. The molecule has 1 aliphatic carbocycles. The maximum Gasteiger partial charge on any atom is 1.00 e. The number of imidazole rings is 1. The number of ether oxygens (including phenoxy) is 1. The van der Waals surface area contributed by atoms with Crippen LogP contribution in [0.4, 0.5) is 5.82 Å². The monoisotopic (exact) mass is 369 g/mol. The van der Waals surface area contributed by atoms with Gasteiger partial charge in [0.05, 0.1) is 18.5 Å². The van der Waals surface area contributed by atoms with E-state index in [1.807, 2.05) is 17.6 Å². The fraction of sp³-hybridized carbons (Fsp3) is 0.417. The molecule has 0 bridgehead atoms. The van der Waals surface area contributed by atoms with Crippen LogP contribution < -0.4 is 79.5 Å². The van der Waals surface area contributed by atoms with Crippen molar-refractivity contribution in [3.8, 4) is 0 Å². The average molecular weight is 369 g/mol. The Bertz CT molecular complexity index is 736. The van der Waals surface area contributed by atoms with Gasteiger partial charge in [0.1, 0.15) is 18.2 Å². The summed E-state index contributed by atoms with van der Waals surface area (Å²) in [4.78, 5) is 44.4. The Labute approximate surface area is 183 Å². The molecule has 0 saturated carbocycles. The minimum Gasteiger partial charge on any atom is -0.686 e. The van der Waals surface area contributed by atoms with Crippen molar-refractivity contribution in [1.82, 2.24) is 19.5 Å². The van der Waals surface area contributed by atoms with E-state index in [2.05, 4.69) is 15.0 Å². The molecule has 0 aliphatic heterocycles. The van der Waals surface area contributed by atoms with Gasteiger partial charge in [-0.15, -0.1) is 7.94 Å². The van der Waals surface area contributed by atoms with E-state index in [9.17, 15) is 14.7 Å². The maximum absolute atomic E-state index is 10.7. The van der Waals surface area contributed by atoms with Gasteiger partial charge >= 0.3 is 59.1 Å². The molecule has 0 fully saturated rings. The summed E-state index contributed by atoms with van der Waals surface area (Å²) in [5.74, 6) is 0.300. The second-order valence-electron chi connectivity index (χ2n) is 5.19. The van der Waals surface area contributed by atoms with E-state index >= 15 is 0 Å². The topological polar surface area (TPSA) is 148 Å². The van der Waals surface area contributed by atoms with Gasteiger partial charge in [-0.3, -0.25) is 0 Å². The maximum atomic E-state index is 10.7. The molecule has 2 atom stereocenters. The smallest absolute Gasteiger partial charge is 0.686 e. The minimum absolute atomic E-state index is 0. The minimum atomic E-state index is -4.68. The molecule has 2 heterocycles. The first kappa shape index (κ1) is 22.4. The summed E-state index contributed by atoms with van der Waals surface area (Å²) in [7, 11) is -4.68. The first-order chi connectivity index (χ1) is 10.3. The number of hydrogen-bond donors (Lipinski definition) is 1. The second-order valence-corrected chi connectivity index (χ2v) is 6.67. The summed E-state index contributed by atoms with van der Waals surface area (Å²) >= 11 is 0. The van der Waals surface area contributed by atoms with Crippen LogP contribution in [0.25, 0.3) is 11.2 Å². The summed E-state index contributed by atoms with van der Waals surface area (Å²) in [6.07, 6.45) is 4.18. The number of rotatable bonds is 4. The molecule has 1 aliphatic rings. The van der Waals surface area contributed by atoms with Gasteiger partial charge in [-0.05, 0) is 12.5 Å². The number of fused-ring (bicyclic) bond motifs is 1. The summed E-state index contributed by atoms with van der Waals surface area (Å²) in [6.45, 7) is 1.83. The number of hydrogen-bond acceptors (Lipinski definition) is 8. The van der Waals surface area contributed by atoms with Crippen molar-refractivity contribution in [2.24, 2.45) is 0 Å². The molecule has 2 aromatic heterocycles. The molecule has 12 heteroatoms. The van der Waals surface area contributed by atoms with E-state index in [-0.39, 0.29) is 65.2 Å². The van der Waals surface area contributed by atoms with E-state index in [4.69, 9.17) is 10.5 Å². The van der Waals surface area contributed by atoms with E-state index in [0.29, 0.717) is 23.4 Å². The molecule has 0 unspecified atom stereocenters. The molecule has 2 N–H and O–H groups in total. The Balaban J connectivity index is 0.00000144. The van der Waals surface area contributed by atoms with E-state index in [0.717, 1.165) is 5.57 Å². The summed E-state index contributed by atoms with van der Waals surface area (Å²) in [5.41, 5.74) is 7.73. The molecule has 118 valence electrons. The zero-order chi connectivity index (χ0) is 15.9. The molecule has 0 radical (unpaired) electrons. The first-order valence-electron chi connectivity index (χ1n) is 6.59. The third-order valence-electron chi connectivity index (χ3n) is 3.60. The van der Waals surface area contributed by atoms with Crippen LogP contribution in [-0.4, -0.2) is 32.0 Å². The number of nitrogens with zero attached hydrogens (tertiary/aromatic N) is 4. The van der Waals surface area contributed by atoms with Gasteiger partial charge in [0.25, 0.3) is 0 Å². The average Bonchev–Trinajstić information content (AvgIpc) is 3.00. The molecule has 0 amide bonds. The Morgan fingerprint density at radius 3 is 2.67 bits per heavy atom. The van der Waals surface area contributed by atoms with Gasteiger partial charge < -0.3 is 29.7 Å². The van der Waals surface area contributed by atoms with E-state index in [1.54, 1.807) is 6.33 Å². The van der Waals surface area contributed by atoms with Crippen LogP contribution in [0.15, 0.2) is 24.3 Å². The van der Waals surface area contributed by atoms with Crippen LogP contribution in [-0.2, 0) is 4.74 Å². The SMILES string of the molecule is CC1=C[C@@H](n2cnc3c(N)ncnc32)C[C@H]1OC[P+]([O-])([O-])[O-].[Na+].[Na+]. The van der Waals surface area contributed by atoms with Crippen LogP contribution in [0.1, 0.15) is 19.4 Å². The summed E-state index contributed by atoms with van der Waals surface area (Å²) < 4.78 is 7.02. The molecular weight excluding hydrogens is 355 g/mol. The predicted octanol–water partition coefficient (Wildman–Crippen LogP) is -7.51. The van der Waals surface area contributed by atoms with E-state index in [1.165, 1.54) is 6.33 Å². The summed E-state index contributed by atoms with van der Waals surface area (Å²) in [5, 5.41) is 0. The van der Waals surface area contributed by atoms with Gasteiger partial charge in [0, 0.05) is 6.42 Å². The number of aromatic nitrogens is 4. The third-order valence-corrected chi connectivity index (χ3v) is 4.06. The number of nitrogens with two attached hydrogens (primary N) is 1. The Morgan fingerprint density at radius 1 is 1.29 bits per heavy atom. The molecular formula is C12H14N5Na2O4P. The first-order valence-corrected chi connectivity index (χ1v) is 8.32. The normalized spacial score (nSPS) is 20.4. The predicted molar refractivity (Wildman–Crippen MR) is 73.8 cm³/mol. The standard InChI is InChI=1S/C12H16N5O4P.2Na/c1-7-2-8(3-9(7)21-6-22(18,19)20)17-5-16-10-11(13)14-4-15-12(10)17;;/h2,4-5,8-9H,3,6H2,1H3,(H2,13,14,15)(H2,18,19,20);;/q;2*+1/p-2/t8-,9-;;/m1../s1. The zero-order valence-corrected chi connectivity index (χ0v) is 18.6. The second kappa shape index (κ2) is 8.83. The van der Waals surface area contributed by atoms with Crippen LogP contribution in [0.2, 0.25) is 0 Å². The number of allylic oxidation sites excluding steroid dienone is 1. The summed E-state index contributed by atoms with van der Waals surface area (Å²) in [6, 6.07) is -0.0954. The van der Waals surface area contributed by atoms with Gasteiger partial charge in [-0.25, -0.2) is 15.0 Å². The molecule has 0 saturated heterocycles. The van der Waals surface area contributed by atoms with Crippen LogP contribution in [0.5, 0.6) is 0 Å². The van der Waals surface area contributed by atoms with E-state index < -0.39 is 20.4 Å². The van der Waals surface area contributed by atoms with Crippen LogP contribution in [0, 0.1) is 0 Å². The van der Waals surface area contributed by atoms with Crippen molar-refractivity contribution in [2.45, 2.75) is 25.5 Å². The van der Waals surface area contributed by atoms with Gasteiger partial charge in [-0.1, -0.05) is 6.08 Å². The van der Waals surface area contributed by atoms with Crippen molar-refractivity contribution in [3.05, 3.63) is 24.3 Å². The van der Waals surface area contributed by atoms with Crippen molar-refractivity contribution in [2.75, 3.05) is 12.1 Å². The molecule has 3 rings (SSSR count). The van der Waals surface area contributed by atoms with Crippen molar-refractivity contribution < 1.29 is 78.5 Å². The van der Waals surface area contributed by atoms with Crippen molar-refractivity contribution in [3.63, 3.8) is 0 Å². The Hall–Kier alpha value is 0.360. The molecule has 9 nitrogen and oxygen atoms in total. The van der Waals surface area contributed by atoms with Crippen LogP contribution in [0.3, 0.4) is 0 Å². The number of anilines is 1. The quantitative estimate of drug-likeness (QED) is 0.317. The van der Waals surface area contributed by atoms with Gasteiger partial charge in [0.2, 0.25) is 0 Å². The Kier molecular flexibility index (Phi) is 8.25.